The highest BCUT2D eigenvalue weighted by atomic mass is 35.5. The second-order valence-corrected chi connectivity index (χ2v) is 6.56. The minimum absolute atomic E-state index is 0.0929. The van der Waals surface area contributed by atoms with E-state index in [4.69, 9.17) is 22.5 Å². The van der Waals surface area contributed by atoms with Crippen LogP contribution in [0.4, 0.5) is 0 Å². The van der Waals surface area contributed by atoms with Crippen molar-refractivity contribution in [3.05, 3.63) is 58.1 Å². The van der Waals surface area contributed by atoms with E-state index in [1.165, 1.54) is 24.0 Å². The van der Waals surface area contributed by atoms with Crippen LogP contribution in [-0.2, 0) is 12.8 Å². The lowest BCUT2D eigenvalue weighted by molar-refractivity contribution is 0.318. The highest BCUT2D eigenvalue weighted by Crippen LogP contribution is 2.35. The molecule has 3 rings (SSSR count). The summed E-state index contributed by atoms with van der Waals surface area (Å²) in [6.45, 7) is 0. The number of hydrogen-bond acceptors (Lipinski definition) is 3. The molecule has 0 radical (unpaired) electrons. The fourth-order valence-corrected chi connectivity index (χ4v) is 3.88. The Labute approximate surface area is 132 Å². The zero-order chi connectivity index (χ0) is 14.8. The molecule has 1 aliphatic rings. The molecule has 0 spiro atoms. The van der Waals surface area contributed by atoms with Gasteiger partial charge in [-0.15, -0.1) is 0 Å². The first-order chi connectivity index (χ1) is 10.2. The average molecular weight is 319 g/mol. The van der Waals surface area contributed by atoms with Crippen molar-refractivity contribution in [3.8, 4) is 0 Å². The van der Waals surface area contributed by atoms with Crippen LogP contribution in [0.15, 0.2) is 51.3 Å². The first-order valence-corrected chi connectivity index (χ1v) is 7.94. The zero-order valence-electron chi connectivity index (χ0n) is 11.3. The largest absolute Gasteiger partial charge is 0.409 e. The summed E-state index contributed by atoms with van der Waals surface area (Å²) < 4.78 is 0. The molecule has 0 unspecified atom stereocenters. The number of oxime groups is 1. The summed E-state index contributed by atoms with van der Waals surface area (Å²) in [6.07, 6.45) is 3.55. The number of nitrogens with zero attached hydrogens (tertiary/aromatic N) is 1. The molecule has 3 nitrogen and oxygen atoms in total. The van der Waals surface area contributed by atoms with Crippen LogP contribution >= 0.6 is 23.4 Å². The quantitative estimate of drug-likeness (QED) is 0.388. The summed E-state index contributed by atoms with van der Waals surface area (Å²) in [6, 6.07) is 11.9. The fourth-order valence-electron chi connectivity index (χ4n) is 2.58. The molecule has 0 heterocycles. The standard InChI is InChI=1S/C16H15ClN2OS/c17-12-5-7-14(16(18)19-20)15(9-12)21-13-6-4-10-2-1-3-11(10)8-13/h4-9,20H,1-3H2,(H2,18,19). The molecule has 2 aromatic carbocycles. The van der Waals surface area contributed by atoms with E-state index in [9.17, 15) is 0 Å². The number of benzene rings is 2. The average Bonchev–Trinajstić information content (AvgIpc) is 2.94. The van der Waals surface area contributed by atoms with Gasteiger partial charge in [0.2, 0.25) is 0 Å². The van der Waals surface area contributed by atoms with Gasteiger partial charge in [-0.2, -0.15) is 0 Å². The molecule has 0 saturated heterocycles. The monoisotopic (exact) mass is 318 g/mol. The molecule has 21 heavy (non-hydrogen) atoms. The lowest BCUT2D eigenvalue weighted by atomic mass is 10.1. The van der Waals surface area contributed by atoms with Crippen LogP contribution in [0.2, 0.25) is 5.02 Å². The predicted molar refractivity (Wildman–Crippen MR) is 86.6 cm³/mol. The van der Waals surface area contributed by atoms with Crippen molar-refractivity contribution in [1.82, 2.24) is 0 Å². The van der Waals surface area contributed by atoms with Crippen molar-refractivity contribution in [2.24, 2.45) is 10.9 Å². The maximum absolute atomic E-state index is 8.90. The summed E-state index contributed by atoms with van der Waals surface area (Å²) in [7, 11) is 0. The molecular weight excluding hydrogens is 304 g/mol. The molecular formula is C16H15ClN2OS. The van der Waals surface area contributed by atoms with E-state index in [2.05, 4.69) is 23.4 Å². The van der Waals surface area contributed by atoms with Crippen molar-refractivity contribution in [2.75, 3.05) is 0 Å². The highest BCUT2D eigenvalue weighted by molar-refractivity contribution is 7.99. The van der Waals surface area contributed by atoms with Gasteiger partial charge in [0, 0.05) is 20.4 Å². The van der Waals surface area contributed by atoms with E-state index in [-0.39, 0.29) is 5.84 Å². The molecule has 0 saturated carbocycles. The van der Waals surface area contributed by atoms with Gasteiger partial charge >= 0.3 is 0 Å². The number of nitrogens with two attached hydrogens (primary N) is 1. The van der Waals surface area contributed by atoms with E-state index in [1.54, 1.807) is 23.9 Å². The SMILES string of the molecule is NC(=NO)c1ccc(Cl)cc1Sc1ccc2c(c1)CCC2. The molecule has 108 valence electrons. The Hall–Kier alpha value is -1.65. The van der Waals surface area contributed by atoms with Crippen molar-refractivity contribution in [1.29, 1.82) is 0 Å². The Morgan fingerprint density at radius 3 is 2.76 bits per heavy atom. The molecule has 0 bridgehead atoms. The Morgan fingerprint density at radius 2 is 1.95 bits per heavy atom. The fraction of sp³-hybridized carbons (Fsp3) is 0.188. The normalized spacial score (nSPS) is 14.2. The van der Waals surface area contributed by atoms with E-state index in [0.29, 0.717) is 10.6 Å². The van der Waals surface area contributed by atoms with E-state index < -0.39 is 0 Å². The van der Waals surface area contributed by atoms with Crippen LogP contribution in [0.3, 0.4) is 0 Å². The third kappa shape index (κ3) is 3.01. The van der Waals surface area contributed by atoms with Crippen LogP contribution in [-0.4, -0.2) is 11.0 Å². The summed E-state index contributed by atoms with van der Waals surface area (Å²) >= 11 is 7.65. The predicted octanol–water partition coefficient (Wildman–Crippen LogP) is 4.07. The molecule has 0 aromatic heterocycles. The third-order valence-corrected chi connectivity index (χ3v) is 4.91. The number of rotatable bonds is 3. The third-order valence-electron chi connectivity index (χ3n) is 3.63. The van der Waals surface area contributed by atoms with Gasteiger partial charge in [0.15, 0.2) is 5.84 Å². The second-order valence-electron chi connectivity index (χ2n) is 5.01. The molecule has 2 aromatic rings. The second kappa shape index (κ2) is 6.00. The van der Waals surface area contributed by atoms with E-state index in [1.807, 2.05) is 6.07 Å². The van der Waals surface area contributed by atoms with Crippen molar-refractivity contribution in [2.45, 2.75) is 29.1 Å². The Kier molecular flexibility index (Phi) is 4.08. The highest BCUT2D eigenvalue weighted by Gasteiger charge is 2.13. The zero-order valence-corrected chi connectivity index (χ0v) is 12.9. The lowest BCUT2D eigenvalue weighted by Crippen LogP contribution is -2.14. The first-order valence-electron chi connectivity index (χ1n) is 6.74. The van der Waals surface area contributed by atoms with Gasteiger partial charge in [-0.25, -0.2) is 0 Å². The van der Waals surface area contributed by atoms with Crippen molar-refractivity contribution in [3.63, 3.8) is 0 Å². The molecule has 5 heteroatoms. The number of fused-ring (bicyclic) bond motifs is 1. The maximum atomic E-state index is 8.90. The first kappa shape index (κ1) is 14.3. The van der Waals surface area contributed by atoms with Gasteiger partial charge in [0.05, 0.1) is 0 Å². The van der Waals surface area contributed by atoms with E-state index >= 15 is 0 Å². The van der Waals surface area contributed by atoms with Crippen LogP contribution < -0.4 is 5.73 Å². The van der Waals surface area contributed by atoms with E-state index in [0.717, 1.165) is 16.2 Å². The summed E-state index contributed by atoms with van der Waals surface area (Å²) in [5.41, 5.74) is 9.29. The van der Waals surface area contributed by atoms with Crippen molar-refractivity contribution < 1.29 is 5.21 Å². The summed E-state index contributed by atoms with van der Waals surface area (Å²) in [5, 5.41) is 12.6. The van der Waals surface area contributed by atoms with Crippen LogP contribution in [0.25, 0.3) is 0 Å². The lowest BCUT2D eigenvalue weighted by Gasteiger charge is -2.10. The molecule has 0 amide bonds. The topological polar surface area (TPSA) is 58.6 Å². The van der Waals surface area contributed by atoms with Gasteiger partial charge in [-0.1, -0.05) is 34.6 Å². The Morgan fingerprint density at radius 1 is 1.14 bits per heavy atom. The molecule has 0 aliphatic heterocycles. The minimum atomic E-state index is 0.0929. The van der Waals surface area contributed by atoms with Crippen LogP contribution in [0, 0.1) is 0 Å². The maximum Gasteiger partial charge on any atom is 0.171 e. The van der Waals surface area contributed by atoms with Crippen molar-refractivity contribution >= 4 is 29.2 Å². The van der Waals surface area contributed by atoms with Gasteiger partial charge < -0.3 is 10.9 Å². The van der Waals surface area contributed by atoms with Crippen LogP contribution in [0.5, 0.6) is 0 Å². The number of halogens is 1. The van der Waals surface area contributed by atoms with Gasteiger partial charge in [-0.3, -0.25) is 0 Å². The number of hydrogen-bond donors (Lipinski definition) is 2. The summed E-state index contributed by atoms with van der Waals surface area (Å²) in [4.78, 5) is 2.03. The molecule has 0 fully saturated rings. The molecule has 0 atom stereocenters. The van der Waals surface area contributed by atoms with Gasteiger partial charge in [0.1, 0.15) is 0 Å². The number of amidine groups is 1. The molecule has 3 N–H and O–H groups in total. The minimum Gasteiger partial charge on any atom is -0.409 e. The van der Waals surface area contributed by atoms with Crippen LogP contribution in [0.1, 0.15) is 23.1 Å². The number of aryl methyl sites for hydroxylation is 2. The van der Waals surface area contributed by atoms with Gasteiger partial charge in [-0.05, 0) is 60.7 Å². The Balaban J connectivity index is 1.96. The molecule has 1 aliphatic carbocycles. The Bertz CT molecular complexity index is 715. The summed E-state index contributed by atoms with van der Waals surface area (Å²) in [5.74, 6) is 0.0929. The smallest absolute Gasteiger partial charge is 0.171 e. The van der Waals surface area contributed by atoms with Gasteiger partial charge in [0.25, 0.3) is 0 Å².